The van der Waals surface area contributed by atoms with Gasteiger partial charge in [-0.05, 0) is 64.5 Å². The molecule has 0 aliphatic carbocycles. The molecule has 2 aromatic carbocycles. The Bertz CT molecular complexity index is 1740. The van der Waals surface area contributed by atoms with Crippen LogP contribution in [0.3, 0.4) is 0 Å². The fourth-order valence-corrected chi connectivity index (χ4v) is 6.04. The lowest BCUT2D eigenvalue weighted by molar-refractivity contribution is -0.145. The van der Waals surface area contributed by atoms with Crippen LogP contribution in [0.4, 0.5) is 0 Å². The first-order valence-electron chi connectivity index (χ1n) is 13.7. The van der Waals surface area contributed by atoms with Crippen LogP contribution in [0, 0.1) is 0 Å². The molecule has 0 unspecified atom stereocenters. The molecule has 12 heteroatoms. The number of esters is 2. The number of allylic oxidation sites excluding steroid dienone is 1. The monoisotopic (exact) mass is 672 g/mol. The zero-order valence-electron chi connectivity index (χ0n) is 24.8. The Labute approximate surface area is 261 Å². The summed E-state index contributed by atoms with van der Waals surface area (Å²) in [4.78, 5) is 44.2. The molecule has 0 spiro atoms. The topological polar surface area (TPSA) is 115 Å². The Morgan fingerprint density at radius 1 is 1.09 bits per heavy atom. The van der Waals surface area contributed by atoms with Gasteiger partial charge < -0.3 is 23.7 Å². The third-order valence-electron chi connectivity index (χ3n) is 6.31. The van der Waals surface area contributed by atoms with E-state index in [1.54, 1.807) is 39.0 Å². The highest BCUT2D eigenvalue weighted by Crippen LogP contribution is 2.37. The molecule has 10 nitrogen and oxygen atoms in total. The summed E-state index contributed by atoms with van der Waals surface area (Å²) >= 11 is 4.74. The van der Waals surface area contributed by atoms with Gasteiger partial charge in [0, 0.05) is 10.0 Å². The molecule has 1 aliphatic rings. The molecule has 0 radical (unpaired) electrons. The molecular formula is C31H33BrN2O8S. The Morgan fingerprint density at radius 3 is 2.49 bits per heavy atom. The predicted molar refractivity (Wildman–Crippen MR) is 165 cm³/mol. The van der Waals surface area contributed by atoms with E-state index in [9.17, 15) is 14.4 Å². The highest BCUT2D eigenvalue weighted by molar-refractivity contribution is 9.10. The van der Waals surface area contributed by atoms with E-state index in [0.717, 1.165) is 0 Å². The molecule has 2 heterocycles. The number of rotatable bonds is 11. The Hall–Kier alpha value is -3.90. The zero-order chi connectivity index (χ0) is 31.3. The number of methoxy groups -OCH3 is 1. The molecule has 0 fully saturated rings. The van der Waals surface area contributed by atoms with Gasteiger partial charge in [-0.2, -0.15) is 0 Å². The minimum atomic E-state index is -0.816. The molecule has 1 atom stereocenters. The summed E-state index contributed by atoms with van der Waals surface area (Å²) in [5.74, 6) is 0.202. The maximum Gasteiger partial charge on any atom is 0.344 e. The van der Waals surface area contributed by atoms with E-state index in [2.05, 4.69) is 20.9 Å². The first kappa shape index (κ1) is 32.0. The molecular weight excluding hydrogens is 640 g/mol. The van der Waals surface area contributed by atoms with Crippen molar-refractivity contribution in [1.29, 1.82) is 0 Å². The number of nitrogens with zero attached hydrogens (tertiary/aromatic N) is 2. The van der Waals surface area contributed by atoms with Crippen molar-refractivity contribution in [2.24, 2.45) is 4.99 Å². The van der Waals surface area contributed by atoms with Crippen LogP contribution in [0.1, 0.15) is 51.8 Å². The van der Waals surface area contributed by atoms with Gasteiger partial charge in [0.05, 0.1) is 42.2 Å². The van der Waals surface area contributed by atoms with Gasteiger partial charge in [-0.3, -0.25) is 9.36 Å². The highest BCUT2D eigenvalue weighted by atomic mass is 79.9. The van der Waals surface area contributed by atoms with Crippen molar-refractivity contribution in [3.05, 3.63) is 83.0 Å². The van der Waals surface area contributed by atoms with Crippen molar-refractivity contribution in [2.75, 3.05) is 26.9 Å². The van der Waals surface area contributed by atoms with Crippen molar-refractivity contribution in [1.82, 2.24) is 4.57 Å². The second-order valence-electron chi connectivity index (χ2n) is 9.62. The fourth-order valence-electron chi connectivity index (χ4n) is 4.57. The van der Waals surface area contributed by atoms with E-state index in [0.29, 0.717) is 47.9 Å². The number of fused-ring (bicyclic) bond motifs is 1. The molecule has 0 saturated carbocycles. The predicted octanol–water partition coefficient (Wildman–Crippen LogP) is 4.30. The number of carbonyl (C=O) groups is 2. The van der Waals surface area contributed by atoms with Crippen LogP contribution >= 0.6 is 27.3 Å². The summed E-state index contributed by atoms with van der Waals surface area (Å²) in [5.41, 5.74) is 1.67. The quantitative estimate of drug-likeness (QED) is 0.277. The number of carbonyl (C=O) groups excluding carboxylic acids is 2. The number of hydrogen-bond acceptors (Lipinski definition) is 10. The van der Waals surface area contributed by atoms with E-state index >= 15 is 0 Å². The van der Waals surface area contributed by atoms with Gasteiger partial charge in [0.25, 0.3) is 5.56 Å². The van der Waals surface area contributed by atoms with Crippen LogP contribution in [0.25, 0.3) is 6.08 Å². The maximum atomic E-state index is 14.1. The lowest BCUT2D eigenvalue weighted by Crippen LogP contribution is -2.40. The van der Waals surface area contributed by atoms with Gasteiger partial charge in [0.15, 0.2) is 22.9 Å². The lowest BCUT2D eigenvalue weighted by atomic mass is 9.95. The number of para-hydroxylation sites is 1. The Kier molecular flexibility index (Phi) is 10.5. The molecule has 0 amide bonds. The fraction of sp³-hybridized carbons (Fsp3) is 0.355. The van der Waals surface area contributed by atoms with E-state index in [1.807, 2.05) is 38.1 Å². The molecule has 4 rings (SSSR count). The van der Waals surface area contributed by atoms with Crippen LogP contribution in [0.5, 0.6) is 17.2 Å². The number of halogens is 1. The number of benzene rings is 2. The highest BCUT2D eigenvalue weighted by Gasteiger charge is 2.35. The minimum absolute atomic E-state index is 0.135. The molecule has 43 heavy (non-hydrogen) atoms. The normalized spacial score (nSPS) is 14.7. The van der Waals surface area contributed by atoms with Gasteiger partial charge in [0.1, 0.15) is 11.8 Å². The van der Waals surface area contributed by atoms with Crippen molar-refractivity contribution < 1.29 is 33.3 Å². The van der Waals surface area contributed by atoms with Gasteiger partial charge in [-0.15, -0.1) is 0 Å². The SMILES string of the molecule is CCOC(=O)COc1cc(Br)c(/C=c2/sc3n(c2=O)[C@@H](c2ccccc2OC(C)C)C(C(=O)OCC)=C(C)N=3)cc1OC. The smallest absolute Gasteiger partial charge is 0.344 e. The van der Waals surface area contributed by atoms with Gasteiger partial charge in [-0.1, -0.05) is 45.5 Å². The van der Waals surface area contributed by atoms with Crippen LogP contribution < -0.4 is 29.1 Å². The molecule has 0 saturated heterocycles. The molecule has 0 N–H and O–H groups in total. The largest absolute Gasteiger partial charge is 0.493 e. The zero-order valence-corrected chi connectivity index (χ0v) is 27.2. The minimum Gasteiger partial charge on any atom is -0.493 e. The average Bonchev–Trinajstić information content (AvgIpc) is 3.26. The summed E-state index contributed by atoms with van der Waals surface area (Å²) in [6, 6.07) is 9.88. The Balaban J connectivity index is 1.87. The standard InChI is InChI=1S/C31H33BrN2O8S/c1-7-39-26(35)16-41-24-15-21(32)19(13-23(24)38-6)14-25-29(36)34-28(20-11-9-10-12-22(20)42-17(3)4)27(30(37)40-8-2)18(5)33-31(34)43-25/h9-15,17,28H,7-8,16H2,1-6H3/b25-14+/t28-/m0/s1. The van der Waals surface area contributed by atoms with Gasteiger partial charge >= 0.3 is 11.9 Å². The average molecular weight is 674 g/mol. The first-order valence-corrected chi connectivity index (χ1v) is 15.3. The van der Waals surface area contributed by atoms with E-state index in [4.69, 9.17) is 23.7 Å². The second kappa shape index (κ2) is 14.0. The molecule has 3 aromatic rings. The molecule has 0 bridgehead atoms. The van der Waals surface area contributed by atoms with Crippen molar-refractivity contribution in [3.63, 3.8) is 0 Å². The van der Waals surface area contributed by atoms with Crippen LogP contribution in [-0.2, 0) is 19.1 Å². The summed E-state index contributed by atoms with van der Waals surface area (Å²) in [6.45, 7) is 9.14. The lowest BCUT2D eigenvalue weighted by Gasteiger charge is -2.26. The van der Waals surface area contributed by atoms with Crippen LogP contribution in [-0.4, -0.2) is 49.5 Å². The number of ether oxygens (including phenoxy) is 5. The Morgan fingerprint density at radius 2 is 1.81 bits per heavy atom. The summed E-state index contributed by atoms with van der Waals surface area (Å²) in [7, 11) is 1.48. The van der Waals surface area contributed by atoms with E-state index in [-0.39, 0.29) is 37.1 Å². The molecule has 1 aliphatic heterocycles. The van der Waals surface area contributed by atoms with E-state index < -0.39 is 18.0 Å². The maximum absolute atomic E-state index is 14.1. The van der Waals surface area contributed by atoms with Crippen LogP contribution in [0.2, 0.25) is 0 Å². The second-order valence-corrected chi connectivity index (χ2v) is 11.5. The summed E-state index contributed by atoms with van der Waals surface area (Å²) in [6.07, 6.45) is 1.58. The van der Waals surface area contributed by atoms with Crippen molar-refractivity contribution in [2.45, 2.75) is 46.8 Å². The third-order valence-corrected chi connectivity index (χ3v) is 7.98. The third kappa shape index (κ3) is 7.02. The molecule has 228 valence electrons. The number of aromatic nitrogens is 1. The van der Waals surface area contributed by atoms with E-state index in [1.165, 1.54) is 23.0 Å². The van der Waals surface area contributed by atoms with Crippen molar-refractivity contribution >= 4 is 45.3 Å². The van der Waals surface area contributed by atoms with Crippen LogP contribution in [0.15, 0.2) is 61.9 Å². The van der Waals surface area contributed by atoms with Gasteiger partial charge in [-0.25, -0.2) is 14.6 Å². The molecule has 1 aromatic heterocycles. The number of thiazole rings is 1. The van der Waals surface area contributed by atoms with Crippen molar-refractivity contribution in [3.8, 4) is 17.2 Å². The van der Waals surface area contributed by atoms with Gasteiger partial charge in [0.2, 0.25) is 0 Å². The summed E-state index contributed by atoms with van der Waals surface area (Å²) < 4.78 is 30.0. The summed E-state index contributed by atoms with van der Waals surface area (Å²) in [5, 5.41) is 0. The number of hydrogen-bond donors (Lipinski definition) is 0. The first-order chi connectivity index (χ1) is 20.6.